The molecule has 2 aromatic rings. The van der Waals surface area contributed by atoms with Gasteiger partial charge in [0.05, 0.1) is 23.6 Å². The van der Waals surface area contributed by atoms with Crippen LogP contribution in [0.1, 0.15) is 31.3 Å². The van der Waals surface area contributed by atoms with Crippen LogP contribution in [0.15, 0.2) is 18.5 Å². The van der Waals surface area contributed by atoms with Gasteiger partial charge in [-0.2, -0.15) is 19.0 Å². The number of halogens is 3. The molecule has 0 fully saturated rings. The zero-order valence-corrected chi connectivity index (χ0v) is 12.2. The predicted molar refractivity (Wildman–Crippen MR) is 75.3 cm³/mol. The van der Waals surface area contributed by atoms with Crippen LogP contribution >= 0.6 is 12.4 Å². The molecule has 20 heavy (non-hydrogen) atoms. The Hall–Kier alpha value is -1.63. The maximum atomic E-state index is 12.6. The standard InChI is InChI=1S/C12H17F2N5.ClH/c1-3-6-18-8-11(9(2)17-18)15-7-10-4-5-16-19(10)12(13)14;/h4-5,8,12,15H,3,6-7H2,1-2H3;1H. The first kappa shape index (κ1) is 16.4. The Morgan fingerprint density at radius 3 is 2.80 bits per heavy atom. The molecule has 0 aromatic carbocycles. The van der Waals surface area contributed by atoms with Gasteiger partial charge in [-0.05, 0) is 19.4 Å². The van der Waals surface area contributed by atoms with Crippen molar-refractivity contribution < 1.29 is 8.78 Å². The molecule has 1 N–H and O–H groups in total. The fourth-order valence-electron chi connectivity index (χ4n) is 1.88. The highest BCUT2D eigenvalue weighted by molar-refractivity contribution is 5.85. The van der Waals surface area contributed by atoms with Crippen LogP contribution in [0.4, 0.5) is 14.5 Å². The molecule has 2 heterocycles. The topological polar surface area (TPSA) is 47.7 Å². The summed E-state index contributed by atoms with van der Waals surface area (Å²) in [6.07, 6.45) is 4.26. The molecule has 0 aliphatic heterocycles. The van der Waals surface area contributed by atoms with Crippen molar-refractivity contribution in [3.05, 3.63) is 29.8 Å². The summed E-state index contributed by atoms with van der Waals surface area (Å²) in [7, 11) is 0. The van der Waals surface area contributed by atoms with Crippen LogP contribution in [0.3, 0.4) is 0 Å². The summed E-state index contributed by atoms with van der Waals surface area (Å²) in [6, 6.07) is 1.57. The van der Waals surface area contributed by atoms with Crippen LogP contribution in [-0.2, 0) is 13.1 Å². The van der Waals surface area contributed by atoms with Gasteiger partial charge < -0.3 is 5.32 Å². The maximum Gasteiger partial charge on any atom is 0.333 e. The molecule has 0 atom stereocenters. The highest BCUT2D eigenvalue weighted by Crippen LogP contribution is 2.16. The number of nitrogens with one attached hydrogen (secondary N) is 1. The Morgan fingerprint density at radius 2 is 2.15 bits per heavy atom. The summed E-state index contributed by atoms with van der Waals surface area (Å²) in [5.74, 6) is 0. The van der Waals surface area contributed by atoms with Gasteiger partial charge in [0.25, 0.3) is 0 Å². The van der Waals surface area contributed by atoms with E-state index in [2.05, 4.69) is 22.4 Å². The maximum absolute atomic E-state index is 12.6. The molecule has 0 saturated heterocycles. The third-order valence-electron chi connectivity index (χ3n) is 2.80. The van der Waals surface area contributed by atoms with E-state index in [-0.39, 0.29) is 12.4 Å². The van der Waals surface area contributed by atoms with Crippen LogP contribution in [0, 0.1) is 6.92 Å². The number of aromatic nitrogens is 4. The molecule has 0 bridgehead atoms. The van der Waals surface area contributed by atoms with E-state index in [1.807, 2.05) is 17.8 Å². The summed E-state index contributed by atoms with van der Waals surface area (Å²) in [6.45, 7) is 2.49. The van der Waals surface area contributed by atoms with Crippen LogP contribution in [0.2, 0.25) is 0 Å². The number of alkyl halides is 2. The molecule has 0 unspecified atom stereocenters. The van der Waals surface area contributed by atoms with Gasteiger partial charge in [-0.25, -0.2) is 4.68 Å². The van der Waals surface area contributed by atoms with E-state index in [9.17, 15) is 8.78 Å². The number of anilines is 1. The summed E-state index contributed by atoms with van der Waals surface area (Å²) < 4.78 is 27.8. The van der Waals surface area contributed by atoms with E-state index in [0.29, 0.717) is 16.9 Å². The van der Waals surface area contributed by atoms with Crippen molar-refractivity contribution in [2.75, 3.05) is 5.32 Å². The third kappa shape index (κ3) is 3.69. The van der Waals surface area contributed by atoms with E-state index in [1.165, 1.54) is 6.20 Å². The Labute approximate surface area is 122 Å². The lowest BCUT2D eigenvalue weighted by Gasteiger charge is -2.07. The van der Waals surface area contributed by atoms with E-state index in [1.54, 1.807) is 6.07 Å². The first-order chi connectivity index (χ1) is 9.11. The number of rotatable bonds is 6. The molecule has 0 saturated carbocycles. The fourth-order valence-corrected chi connectivity index (χ4v) is 1.88. The molecule has 8 heteroatoms. The number of hydrogen-bond acceptors (Lipinski definition) is 3. The molecule has 0 amide bonds. The zero-order chi connectivity index (χ0) is 13.8. The lowest BCUT2D eigenvalue weighted by molar-refractivity contribution is 0.0537. The minimum absolute atomic E-state index is 0. The largest absolute Gasteiger partial charge is 0.377 e. The Kier molecular flexibility index (Phi) is 5.94. The number of hydrogen-bond donors (Lipinski definition) is 1. The van der Waals surface area contributed by atoms with Crippen molar-refractivity contribution in [1.29, 1.82) is 0 Å². The molecule has 0 aliphatic rings. The minimum Gasteiger partial charge on any atom is -0.377 e. The van der Waals surface area contributed by atoms with Gasteiger partial charge in [-0.15, -0.1) is 12.4 Å². The molecule has 0 radical (unpaired) electrons. The Bertz CT molecular complexity index is 538. The molecular weight excluding hydrogens is 288 g/mol. The average Bonchev–Trinajstić information content (AvgIpc) is 2.94. The SMILES string of the molecule is CCCn1cc(NCc2ccnn2C(F)F)c(C)n1.Cl. The smallest absolute Gasteiger partial charge is 0.333 e. The third-order valence-corrected chi connectivity index (χ3v) is 2.80. The van der Waals surface area contributed by atoms with Crippen molar-refractivity contribution >= 4 is 18.1 Å². The first-order valence-corrected chi connectivity index (χ1v) is 6.20. The summed E-state index contributed by atoms with van der Waals surface area (Å²) in [5, 5.41) is 11.0. The van der Waals surface area contributed by atoms with Crippen LogP contribution in [0.25, 0.3) is 0 Å². The molecule has 0 aliphatic carbocycles. The van der Waals surface area contributed by atoms with Crippen LogP contribution in [-0.4, -0.2) is 19.6 Å². The monoisotopic (exact) mass is 305 g/mol. The average molecular weight is 306 g/mol. The second-order valence-corrected chi connectivity index (χ2v) is 4.29. The van der Waals surface area contributed by atoms with Gasteiger partial charge in [0.1, 0.15) is 0 Å². The quantitative estimate of drug-likeness (QED) is 0.891. The van der Waals surface area contributed by atoms with E-state index in [4.69, 9.17) is 0 Å². The lowest BCUT2D eigenvalue weighted by Crippen LogP contribution is -2.09. The minimum atomic E-state index is -2.62. The van der Waals surface area contributed by atoms with Crippen molar-refractivity contribution in [3.8, 4) is 0 Å². The van der Waals surface area contributed by atoms with E-state index < -0.39 is 6.55 Å². The summed E-state index contributed by atoms with van der Waals surface area (Å²) >= 11 is 0. The van der Waals surface area contributed by atoms with Crippen molar-refractivity contribution in [3.63, 3.8) is 0 Å². The Balaban J connectivity index is 0.00000200. The van der Waals surface area contributed by atoms with Gasteiger partial charge in [0, 0.05) is 18.9 Å². The van der Waals surface area contributed by atoms with Crippen LogP contribution < -0.4 is 5.32 Å². The van der Waals surface area contributed by atoms with E-state index in [0.717, 1.165) is 24.3 Å². The summed E-state index contributed by atoms with van der Waals surface area (Å²) in [5.41, 5.74) is 2.16. The van der Waals surface area contributed by atoms with Gasteiger partial charge in [0.15, 0.2) is 0 Å². The van der Waals surface area contributed by atoms with Gasteiger partial charge in [0.2, 0.25) is 0 Å². The second kappa shape index (κ2) is 7.23. The van der Waals surface area contributed by atoms with Crippen molar-refractivity contribution in [2.45, 2.75) is 39.9 Å². The molecule has 5 nitrogen and oxygen atoms in total. The number of aryl methyl sites for hydroxylation is 2. The lowest BCUT2D eigenvalue weighted by atomic mass is 10.3. The Morgan fingerprint density at radius 1 is 1.40 bits per heavy atom. The van der Waals surface area contributed by atoms with Crippen molar-refractivity contribution in [1.82, 2.24) is 19.6 Å². The normalized spacial score (nSPS) is 10.7. The molecule has 112 valence electrons. The highest BCUT2D eigenvalue weighted by atomic mass is 35.5. The highest BCUT2D eigenvalue weighted by Gasteiger charge is 2.12. The first-order valence-electron chi connectivity index (χ1n) is 6.20. The molecule has 2 aromatic heterocycles. The predicted octanol–water partition coefficient (Wildman–Crippen LogP) is 3.23. The zero-order valence-electron chi connectivity index (χ0n) is 11.4. The summed E-state index contributed by atoms with van der Waals surface area (Å²) in [4.78, 5) is 0. The van der Waals surface area contributed by atoms with Gasteiger partial charge in [-0.3, -0.25) is 4.68 Å². The fraction of sp³-hybridized carbons (Fsp3) is 0.500. The van der Waals surface area contributed by atoms with Crippen LogP contribution in [0.5, 0.6) is 0 Å². The number of nitrogens with zero attached hydrogens (tertiary/aromatic N) is 4. The van der Waals surface area contributed by atoms with E-state index >= 15 is 0 Å². The van der Waals surface area contributed by atoms with Gasteiger partial charge >= 0.3 is 6.55 Å². The second-order valence-electron chi connectivity index (χ2n) is 4.29. The van der Waals surface area contributed by atoms with Crippen molar-refractivity contribution in [2.24, 2.45) is 0 Å². The molecule has 2 rings (SSSR count). The molecule has 0 spiro atoms. The molecular formula is C12H18ClF2N5. The van der Waals surface area contributed by atoms with Gasteiger partial charge in [-0.1, -0.05) is 6.92 Å².